The van der Waals surface area contributed by atoms with Crippen LogP contribution in [0.5, 0.6) is 0 Å². The maximum Gasteiger partial charge on any atom is 0.280 e. The number of hydrogen-bond donors (Lipinski definition) is 0. The van der Waals surface area contributed by atoms with Crippen molar-refractivity contribution in [2.45, 2.75) is 41.5 Å². The second kappa shape index (κ2) is 3.92. The molecule has 104 valence electrons. The number of Topliss-reactive ketones (excluding diaryl/α,β-unsaturated/α-hetero) is 5. The Bertz CT molecular complexity index is 465. The zero-order valence-corrected chi connectivity index (χ0v) is 12.0. The first-order chi connectivity index (χ1) is 8.30. The lowest BCUT2D eigenvalue weighted by atomic mass is 9.47. The molecule has 1 aliphatic rings. The van der Waals surface area contributed by atoms with Gasteiger partial charge in [-0.3, -0.25) is 24.0 Å². The molecule has 0 aromatic heterocycles. The van der Waals surface area contributed by atoms with Crippen LogP contribution in [0.2, 0.25) is 0 Å². The summed E-state index contributed by atoms with van der Waals surface area (Å²) in [7, 11) is 0. The average Bonchev–Trinajstić information content (AvgIpc) is 2.20. The van der Waals surface area contributed by atoms with Crippen molar-refractivity contribution in [2.24, 2.45) is 16.2 Å². The fourth-order valence-electron chi connectivity index (χ4n) is 3.24. The van der Waals surface area contributed by atoms with Gasteiger partial charge < -0.3 is 0 Å². The second-order valence-corrected chi connectivity index (χ2v) is 6.90. The highest BCUT2D eigenvalue weighted by Crippen LogP contribution is 2.54. The Labute approximate surface area is 111 Å². The Kier molecular flexibility index (Phi) is 3.18. The van der Waals surface area contributed by atoms with E-state index in [4.69, 9.17) is 0 Å². The Morgan fingerprint density at radius 1 is 0.579 bits per heavy atom. The standard InChI is InChI=1S/C14H18O5/c1-12(2,3)14(13(4,5)6)10(18)8(16)7(15)9(17)11(14)19/h1-6H3. The van der Waals surface area contributed by atoms with Gasteiger partial charge in [0.25, 0.3) is 17.3 Å². The molecule has 5 nitrogen and oxygen atoms in total. The number of carbonyl (C=O) groups is 5. The first-order valence-electron chi connectivity index (χ1n) is 6.02. The van der Waals surface area contributed by atoms with Gasteiger partial charge in [-0.25, -0.2) is 0 Å². The highest BCUT2D eigenvalue weighted by Gasteiger charge is 2.68. The summed E-state index contributed by atoms with van der Waals surface area (Å²) in [6, 6.07) is 0. The molecule has 0 radical (unpaired) electrons. The third-order valence-electron chi connectivity index (χ3n) is 3.76. The third kappa shape index (κ3) is 1.71. The first-order valence-corrected chi connectivity index (χ1v) is 6.02. The number of carbonyl (C=O) groups excluding carboxylic acids is 5. The molecule has 0 spiro atoms. The molecule has 0 N–H and O–H groups in total. The van der Waals surface area contributed by atoms with E-state index in [2.05, 4.69) is 0 Å². The van der Waals surface area contributed by atoms with Gasteiger partial charge in [0.15, 0.2) is 0 Å². The molecule has 1 saturated carbocycles. The van der Waals surface area contributed by atoms with Crippen LogP contribution in [-0.4, -0.2) is 28.9 Å². The van der Waals surface area contributed by atoms with E-state index in [1.54, 1.807) is 41.5 Å². The minimum atomic E-state index is -1.80. The minimum absolute atomic E-state index is 0.953. The van der Waals surface area contributed by atoms with Crippen LogP contribution < -0.4 is 0 Å². The molecule has 0 unspecified atom stereocenters. The molecule has 0 heterocycles. The lowest BCUT2D eigenvalue weighted by Crippen LogP contribution is -2.67. The quantitative estimate of drug-likeness (QED) is 0.481. The van der Waals surface area contributed by atoms with E-state index in [1.807, 2.05) is 0 Å². The van der Waals surface area contributed by atoms with Gasteiger partial charge in [0.2, 0.25) is 11.6 Å². The highest BCUT2D eigenvalue weighted by molar-refractivity contribution is 6.92. The number of hydrogen-bond acceptors (Lipinski definition) is 5. The normalized spacial score (nSPS) is 21.1. The fraction of sp³-hybridized carbons (Fsp3) is 0.643. The van der Waals surface area contributed by atoms with Crippen molar-refractivity contribution in [1.29, 1.82) is 0 Å². The Morgan fingerprint density at radius 3 is 1.05 bits per heavy atom. The number of rotatable bonds is 0. The Balaban J connectivity index is 3.78. The van der Waals surface area contributed by atoms with Crippen LogP contribution in [0.3, 0.4) is 0 Å². The molecule has 5 heteroatoms. The topological polar surface area (TPSA) is 85.3 Å². The van der Waals surface area contributed by atoms with E-state index in [0.717, 1.165) is 0 Å². The van der Waals surface area contributed by atoms with Crippen LogP contribution in [0.25, 0.3) is 0 Å². The summed E-state index contributed by atoms with van der Waals surface area (Å²) in [5.74, 6) is -6.41. The zero-order valence-electron chi connectivity index (χ0n) is 12.0. The monoisotopic (exact) mass is 266 g/mol. The molecular formula is C14H18O5. The van der Waals surface area contributed by atoms with E-state index >= 15 is 0 Å². The molecule has 0 saturated heterocycles. The van der Waals surface area contributed by atoms with Crippen LogP contribution in [-0.2, 0) is 24.0 Å². The summed E-state index contributed by atoms with van der Waals surface area (Å²) in [5.41, 5.74) is -3.71. The number of ketones is 5. The first kappa shape index (κ1) is 15.4. The summed E-state index contributed by atoms with van der Waals surface area (Å²) < 4.78 is 0. The van der Waals surface area contributed by atoms with E-state index in [0.29, 0.717) is 0 Å². The van der Waals surface area contributed by atoms with Crippen LogP contribution in [0.15, 0.2) is 0 Å². The molecule has 0 atom stereocenters. The van der Waals surface area contributed by atoms with Crippen molar-refractivity contribution in [3.05, 3.63) is 0 Å². The van der Waals surface area contributed by atoms with E-state index in [1.165, 1.54) is 0 Å². The van der Waals surface area contributed by atoms with E-state index in [9.17, 15) is 24.0 Å². The predicted molar refractivity (Wildman–Crippen MR) is 66.4 cm³/mol. The van der Waals surface area contributed by atoms with Crippen LogP contribution in [0, 0.1) is 16.2 Å². The molecule has 0 aliphatic heterocycles. The van der Waals surface area contributed by atoms with Crippen molar-refractivity contribution >= 4 is 28.9 Å². The molecule has 1 fully saturated rings. The van der Waals surface area contributed by atoms with Crippen LogP contribution in [0.1, 0.15) is 41.5 Å². The van der Waals surface area contributed by atoms with Gasteiger partial charge in [-0.2, -0.15) is 0 Å². The SMILES string of the molecule is CC(C)(C)C1(C(C)(C)C)C(=O)C(=O)C(=O)C(=O)C1=O. The van der Waals surface area contributed by atoms with Gasteiger partial charge in [-0.05, 0) is 10.8 Å². The lowest BCUT2D eigenvalue weighted by Gasteiger charge is -2.50. The molecule has 1 rings (SSSR count). The van der Waals surface area contributed by atoms with Gasteiger partial charge in [0.05, 0.1) is 0 Å². The van der Waals surface area contributed by atoms with E-state index < -0.39 is 45.2 Å². The molecule has 19 heavy (non-hydrogen) atoms. The summed E-state index contributed by atoms with van der Waals surface area (Å²) in [6.45, 7) is 9.69. The third-order valence-corrected chi connectivity index (χ3v) is 3.76. The maximum atomic E-state index is 12.4. The van der Waals surface area contributed by atoms with Gasteiger partial charge >= 0.3 is 0 Å². The summed E-state index contributed by atoms with van der Waals surface area (Å²) in [4.78, 5) is 59.5. The van der Waals surface area contributed by atoms with Crippen LogP contribution in [0.4, 0.5) is 0 Å². The van der Waals surface area contributed by atoms with Gasteiger partial charge in [-0.15, -0.1) is 0 Å². The molecule has 1 aliphatic carbocycles. The van der Waals surface area contributed by atoms with Crippen molar-refractivity contribution in [3.63, 3.8) is 0 Å². The molecule has 0 aromatic rings. The second-order valence-electron chi connectivity index (χ2n) is 6.90. The smallest absolute Gasteiger partial charge is 0.280 e. The van der Waals surface area contributed by atoms with Crippen LogP contribution >= 0.6 is 0 Å². The van der Waals surface area contributed by atoms with Crippen molar-refractivity contribution in [1.82, 2.24) is 0 Å². The zero-order chi connectivity index (χ0) is 15.4. The summed E-state index contributed by atoms with van der Waals surface area (Å²) in [6.07, 6.45) is 0. The molecule has 0 bridgehead atoms. The van der Waals surface area contributed by atoms with Gasteiger partial charge in [0.1, 0.15) is 5.41 Å². The van der Waals surface area contributed by atoms with Gasteiger partial charge in [0, 0.05) is 0 Å². The highest BCUT2D eigenvalue weighted by atomic mass is 16.2. The Hall–Kier alpha value is -1.65. The fourth-order valence-corrected chi connectivity index (χ4v) is 3.24. The van der Waals surface area contributed by atoms with Crippen molar-refractivity contribution in [3.8, 4) is 0 Å². The lowest BCUT2D eigenvalue weighted by molar-refractivity contribution is -0.173. The molecule has 0 amide bonds. The average molecular weight is 266 g/mol. The molecular weight excluding hydrogens is 248 g/mol. The van der Waals surface area contributed by atoms with Crippen molar-refractivity contribution in [2.75, 3.05) is 0 Å². The summed E-state index contributed by atoms with van der Waals surface area (Å²) >= 11 is 0. The maximum absolute atomic E-state index is 12.4. The summed E-state index contributed by atoms with van der Waals surface area (Å²) in [5, 5.41) is 0. The van der Waals surface area contributed by atoms with Crippen molar-refractivity contribution < 1.29 is 24.0 Å². The Morgan fingerprint density at radius 2 is 0.842 bits per heavy atom. The predicted octanol–water partition coefficient (Wildman–Crippen LogP) is 0.924. The largest absolute Gasteiger partial charge is 0.289 e. The van der Waals surface area contributed by atoms with E-state index in [-0.39, 0.29) is 0 Å². The minimum Gasteiger partial charge on any atom is -0.289 e. The molecule has 0 aromatic carbocycles. The van der Waals surface area contributed by atoms with Gasteiger partial charge in [-0.1, -0.05) is 41.5 Å².